The highest BCUT2D eigenvalue weighted by Crippen LogP contribution is 2.19. The van der Waals surface area contributed by atoms with Gasteiger partial charge in [-0.05, 0) is 11.6 Å². The summed E-state index contributed by atoms with van der Waals surface area (Å²) in [5.41, 5.74) is -0.997. The molecule has 0 aliphatic rings. The van der Waals surface area contributed by atoms with Gasteiger partial charge in [0.25, 0.3) is 0 Å². The molecule has 1 atom stereocenters. The van der Waals surface area contributed by atoms with Gasteiger partial charge in [0.05, 0.1) is 20.1 Å². The number of rotatable bonds is 8. The number of hydrogen-bond acceptors (Lipinski definition) is 9. The summed E-state index contributed by atoms with van der Waals surface area (Å²) in [6.45, 7) is 2.62. The second kappa shape index (κ2) is 8.71. The lowest BCUT2D eigenvalue weighted by Crippen LogP contribution is -2.46. The molecule has 0 saturated heterocycles. The summed E-state index contributed by atoms with van der Waals surface area (Å²) in [6, 6.07) is -0.440. The summed E-state index contributed by atoms with van der Waals surface area (Å²) >= 11 is 5.61. The number of hydrogen-bond donors (Lipinski definition) is 3. The van der Waals surface area contributed by atoms with Crippen LogP contribution in [-0.2, 0) is 9.59 Å². The number of nitrogens with one attached hydrogen (secondary N) is 1. The third kappa shape index (κ3) is 5.87. The molecule has 1 aromatic rings. The number of aromatic nitrogens is 3. The van der Waals surface area contributed by atoms with Gasteiger partial charge in [-0.1, -0.05) is 13.8 Å². The topological polar surface area (TPSA) is 144 Å². The number of carbonyl (C=O) groups is 2. The summed E-state index contributed by atoms with van der Waals surface area (Å²) < 4.78 is 9.60. The van der Waals surface area contributed by atoms with Crippen molar-refractivity contribution in [3.8, 4) is 12.0 Å². The van der Waals surface area contributed by atoms with Gasteiger partial charge < -0.3 is 25.0 Å². The first-order valence-corrected chi connectivity index (χ1v) is 7.30. The lowest BCUT2D eigenvalue weighted by Gasteiger charge is -2.27. The lowest BCUT2D eigenvalue weighted by molar-refractivity contribution is -0.138. The highest BCUT2D eigenvalue weighted by Gasteiger charge is 2.32. The van der Waals surface area contributed by atoms with Crippen molar-refractivity contribution in [1.29, 1.82) is 0 Å². The van der Waals surface area contributed by atoms with Gasteiger partial charge in [-0.2, -0.15) is 9.97 Å². The molecule has 0 bridgehead atoms. The maximum Gasteiger partial charge on any atom is 0.331 e. The van der Waals surface area contributed by atoms with E-state index in [1.165, 1.54) is 21.0 Å². The number of aliphatic hydroxyl groups is 2. The fraction of sp³-hybridized carbons (Fsp3) is 0.615. The number of carbonyl (C=O) groups excluding carboxylic acids is 2. The van der Waals surface area contributed by atoms with Gasteiger partial charge in [0.1, 0.15) is 6.10 Å². The molecule has 11 heteroatoms. The zero-order valence-electron chi connectivity index (χ0n) is 13.4. The predicted molar refractivity (Wildman–Crippen MR) is 81.5 cm³/mol. The van der Waals surface area contributed by atoms with Gasteiger partial charge >= 0.3 is 18.0 Å². The van der Waals surface area contributed by atoms with E-state index >= 15 is 0 Å². The first kappa shape index (κ1) is 20.0. The molecule has 10 nitrogen and oxygen atoms in total. The number of methoxy groups -OCH3 is 1. The van der Waals surface area contributed by atoms with Crippen LogP contribution in [0.2, 0.25) is 5.28 Å². The number of aliphatic hydroxyl groups excluding tert-OH is 2. The van der Waals surface area contributed by atoms with Crippen LogP contribution in [0.3, 0.4) is 0 Å². The smallest absolute Gasteiger partial charge is 0.331 e. The molecular weight excluding hydrogens is 344 g/mol. The molecule has 0 radical (unpaired) electrons. The summed E-state index contributed by atoms with van der Waals surface area (Å²) in [7, 11) is 1.31. The summed E-state index contributed by atoms with van der Waals surface area (Å²) in [5, 5.41) is 21.1. The van der Waals surface area contributed by atoms with Crippen LogP contribution in [-0.4, -0.2) is 63.4 Å². The van der Waals surface area contributed by atoms with Gasteiger partial charge in [-0.15, -0.1) is 4.98 Å². The third-order valence-electron chi connectivity index (χ3n) is 2.98. The molecule has 1 amide bonds. The first-order chi connectivity index (χ1) is 11.2. The molecule has 134 valence electrons. The van der Waals surface area contributed by atoms with E-state index in [2.05, 4.69) is 20.3 Å². The van der Waals surface area contributed by atoms with Crippen LogP contribution in [0.1, 0.15) is 20.3 Å². The summed E-state index contributed by atoms with van der Waals surface area (Å²) in [5.74, 6) is -1.43. The van der Waals surface area contributed by atoms with Gasteiger partial charge in [0.15, 0.2) is 0 Å². The number of ether oxygens (including phenoxy) is 2. The number of amides is 1. The van der Waals surface area contributed by atoms with E-state index in [4.69, 9.17) is 26.2 Å². The third-order valence-corrected chi connectivity index (χ3v) is 3.15. The lowest BCUT2D eigenvalue weighted by atomic mass is 9.87. The Balaban J connectivity index is 2.47. The van der Waals surface area contributed by atoms with E-state index in [9.17, 15) is 14.7 Å². The Morgan fingerprint density at radius 2 is 1.92 bits per heavy atom. The zero-order valence-corrected chi connectivity index (χ0v) is 14.2. The fourth-order valence-corrected chi connectivity index (χ4v) is 1.57. The first-order valence-electron chi connectivity index (χ1n) is 6.92. The van der Waals surface area contributed by atoms with Crippen molar-refractivity contribution in [2.75, 3.05) is 20.3 Å². The Morgan fingerprint density at radius 3 is 2.50 bits per heavy atom. The second-order valence-electron chi connectivity index (χ2n) is 5.44. The fourth-order valence-electron chi connectivity index (χ4n) is 1.43. The van der Waals surface area contributed by atoms with Gasteiger partial charge in [0.2, 0.25) is 11.2 Å². The maximum atomic E-state index is 11.7. The molecule has 0 saturated carbocycles. The molecule has 1 rings (SSSR count). The minimum Gasteiger partial charge on any atom is -0.467 e. The minimum absolute atomic E-state index is 0.0772. The van der Waals surface area contributed by atoms with Crippen LogP contribution < -0.4 is 14.8 Å². The molecule has 0 unspecified atom stereocenters. The maximum absolute atomic E-state index is 11.7. The van der Waals surface area contributed by atoms with Crippen molar-refractivity contribution in [3.05, 3.63) is 5.28 Å². The monoisotopic (exact) mass is 362 g/mol. The van der Waals surface area contributed by atoms with E-state index < -0.39 is 23.4 Å². The molecule has 0 aliphatic heterocycles. The molecule has 3 N–H and O–H groups in total. The second-order valence-corrected chi connectivity index (χ2v) is 5.78. The molecule has 1 heterocycles. The van der Waals surface area contributed by atoms with Gasteiger partial charge in [-0.25, -0.2) is 0 Å². The average molecular weight is 363 g/mol. The van der Waals surface area contributed by atoms with Crippen molar-refractivity contribution < 1.29 is 29.3 Å². The van der Waals surface area contributed by atoms with Crippen molar-refractivity contribution in [2.45, 2.75) is 26.4 Å². The molecule has 0 spiro atoms. The summed E-state index contributed by atoms with van der Waals surface area (Å²) in [4.78, 5) is 34.3. The van der Waals surface area contributed by atoms with E-state index in [1.807, 2.05) is 0 Å². The Hall–Kier alpha value is -2.04. The molecule has 24 heavy (non-hydrogen) atoms. The molecule has 1 aromatic heterocycles. The largest absolute Gasteiger partial charge is 0.467 e. The number of nitrogens with zero attached hydrogens (tertiary/aromatic N) is 3. The highest BCUT2D eigenvalue weighted by atomic mass is 35.5. The molecule has 0 aliphatic carbocycles. The Labute approximate surface area is 143 Å². The van der Waals surface area contributed by atoms with Crippen molar-refractivity contribution >= 4 is 23.5 Å². The van der Waals surface area contributed by atoms with E-state index in [1.54, 1.807) is 0 Å². The van der Waals surface area contributed by atoms with E-state index in [0.717, 1.165) is 0 Å². The quantitative estimate of drug-likeness (QED) is 0.512. The predicted octanol–water partition coefficient (Wildman–Crippen LogP) is -0.675. The Bertz CT molecular complexity index is 598. The number of halogens is 1. The highest BCUT2D eigenvalue weighted by molar-refractivity contribution is 6.28. The zero-order chi connectivity index (χ0) is 18.3. The van der Waals surface area contributed by atoms with Crippen LogP contribution in [0, 0.1) is 5.41 Å². The normalized spacial score (nSPS) is 12.4. The van der Waals surface area contributed by atoms with Gasteiger partial charge in [-0.3, -0.25) is 9.59 Å². The van der Waals surface area contributed by atoms with Crippen LogP contribution in [0.25, 0.3) is 0 Å². The average Bonchev–Trinajstić information content (AvgIpc) is 2.53. The SMILES string of the molecule is COc1nc(Cl)nc(OC(=O)CCNC(=O)[C@H](O)C(C)(C)CO)n1. The molecular formula is C13H19ClN4O6. The van der Waals surface area contributed by atoms with Crippen LogP contribution in [0.4, 0.5) is 0 Å². The Kier molecular flexibility index (Phi) is 7.26. The van der Waals surface area contributed by atoms with Crippen LogP contribution >= 0.6 is 11.6 Å². The molecule has 0 aromatic carbocycles. The minimum atomic E-state index is -1.41. The molecule has 0 fully saturated rings. The number of esters is 1. The van der Waals surface area contributed by atoms with Crippen molar-refractivity contribution in [2.24, 2.45) is 5.41 Å². The Morgan fingerprint density at radius 1 is 1.29 bits per heavy atom. The standard InChI is InChI=1S/C13H19ClN4O6/c1-13(2,6-19)8(21)9(22)15-5-4-7(20)24-12-17-10(14)16-11(18-12)23-3/h8,19,21H,4-6H2,1-3H3,(H,15,22)/t8-/m0/s1. The van der Waals surface area contributed by atoms with E-state index in [0.29, 0.717) is 0 Å². The summed E-state index contributed by atoms with van der Waals surface area (Å²) in [6.07, 6.45) is -1.60. The van der Waals surface area contributed by atoms with E-state index in [-0.39, 0.29) is 36.9 Å². The van der Waals surface area contributed by atoms with Crippen LogP contribution in [0.5, 0.6) is 12.0 Å². The van der Waals surface area contributed by atoms with Crippen LogP contribution in [0.15, 0.2) is 0 Å². The van der Waals surface area contributed by atoms with Gasteiger partial charge in [0, 0.05) is 12.0 Å². The van der Waals surface area contributed by atoms with Crippen molar-refractivity contribution in [1.82, 2.24) is 20.3 Å². The van der Waals surface area contributed by atoms with Crippen molar-refractivity contribution in [3.63, 3.8) is 0 Å².